The molecule has 0 aromatic heterocycles. The van der Waals surface area contributed by atoms with Crippen molar-refractivity contribution in [3.8, 4) is 0 Å². The van der Waals surface area contributed by atoms with Gasteiger partial charge in [0, 0.05) is 11.0 Å². The lowest BCUT2D eigenvalue weighted by Gasteiger charge is -2.12. The summed E-state index contributed by atoms with van der Waals surface area (Å²) in [5, 5.41) is 0. The van der Waals surface area contributed by atoms with Crippen LogP contribution in [0.25, 0.3) is 0 Å². The van der Waals surface area contributed by atoms with E-state index in [1.165, 1.54) is 31.7 Å². The quantitative estimate of drug-likeness (QED) is 0.805. The van der Waals surface area contributed by atoms with Crippen molar-refractivity contribution in [3.63, 3.8) is 0 Å². The van der Waals surface area contributed by atoms with Crippen LogP contribution in [-0.4, -0.2) is 15.0 Å². The Labute approximate surface area is 122 Å². The monoisotopic (exact) mass is 346 g/mol. The van der Waals surface area contributed by atoms with Gasteiger partial charge in [-0.15, -0.1) is 0 Å². The van der Waals surface area contributed by atoms with E-state index in [1.54, 1.807) is 12.1 Å². The fourth-order valence-corrected chi connectivity index (χ4v) is 4.23. The van der Waals surface area contributed by atoms with Crippen LogP contribution in [0.2, 0.25) is 0 Å². The number of halogens is 1. The fourth-order valence-electron chi connectivity index (χ4n) is 2.52. The predicted octanol–water partition coefficient (Wildman–Crippen LogP) is 2.89. The van der Waals surface area contributed by atoms with Crippen LogP contribution in [0.3, 0.4) is 0 Å². The highest BCUT2D eigenvalue weighted by Crippen LogP contribution is 2.27. The molecule has 19 heavy (non-hydrogen) atoms. The molecule has 1 aliphatic rings. The molecule has 0 bridgehead atoms. The Balaban J connectivity index is 1.99. The van der Waals surface area contributed by atoms with Crippen molar-refractivity contribution >= 4 is 31.6 Å². The molecule has 6 heteroatoms. The van der Waals surface area contributed by atoms with Crippen molar-refractivity contribution in [1.29, 1.82) is 0 Å². The Morgan fingerprint density at radius 3 is 2.68 bits per heavy atom. The zero-order valence-corrected chi connectivity index (χ0v) is 13.1. The molecule has 4 nitrogen and oxygen atoms in total. The second-order valence-corrected chi connectivity index (χ2v) is 7.67. The Morgan fingerprint density at radius 2 is 2.00 bits per heavy atom. The van der Waals surface area contributed by atoms with E-state index in [1.807, 2.05) is 0 Å². The number of anilines is 1. The van der Waals surface area contributed by atoms with Gasteiger partial charge in [0.1, 0.15) is 4.90 Å². The van der Waals surface area contributed by atoms with Gasteiger partial charge in [-0.2, -0.15) is 0 Å². The molecule has 0 unspecified atom stereocenters. The third-order valence-electron chi connectivity index (χ3n) is 3.58. The average molecular weight is 347 g/mol. The van der Waals surface area contributed by atoms with Crippen LogP contribution in [0.4, 0.5) is 5.69 Å². The molecule has 1 aromatic carbocycles. The maximum atomic E-state index is 12.2. The van der Waals surface area contributed by atoms with Crippen LogP contribution in [0.1, 0.15) is 32.1 Å². The lowest BCUT2D eigenvalue weighted by molar-refractivity contribution is 0.496. The van der Waals surface area contributed by atoms with E-state index in [2.05, 4.69) is 20.7 Å². The lowest BCUT2D eigenvalue weighted by Crippen LogP contribution is -2.26. The molecular formula is C13H19BrN2O2S. The first-order valence-electron chi connectivity index (χ1n) is 6.54. The van der Waals surface area contributed by atoms with Crippen molar-refractivity contribution in [2.75, 3.05) is 12.3 Å². The summed E-state index contributed by atoms with van der Waals surface area (Å²) in [4.78, 5) is 0.147. The van der Waals surface area contributed by atoms with Crippen LogP contribution >= 0.6 is 15.9 Å². The molecule has 0 aliphatic heterocycles. The van der Waals surface area contributed by atoms with Crippen molar-refractivity contribution in [2.24, 2.45) is 5.92 Å². The summed E-state index contributed by atoms with van der Waals surface area (Å²) in [6, 6.07) is 4.86. The van der Waals surface area contributed by atoms with E-state index in [-0.39, 0.29) is 10.6 Å². The number of nitrogen functional groups attached to an aromatic ring is 1. The lowest BCUT2D eigenvalue weighted by atomic mass is 10.1. The summed E-state index contributed by atoms with van der Waals surface area (Å²) in [5.74, 6) is 0.669. The fraction of sp³-hybridized carbons (Fsp3) is 0.538. The molecule has 3 N–H and O–H groups in total. The second-order valence-electron chi connectivity index (χ2n) is 5.02. The molecular weight excluding hydrogens is 328 g/mol. The van der Waals surface area contributed by atoms with Crippen molar-refractivity contribution in [2.45, 2.75) is 37.0 Å². The van der Waals surface area contributed by atoms with Gasteiger partial charge < -0.3 is 5.73 Å². The summed E-state index contributed by atoms with van der Waals surface area (Å²) in [7, 11) is -3.51. The van der Waals surface area contributed by atoms with Crippen molar-refractivity contribution in [3.05, 3.63) is 22.7 Å². The highest BCUT2D eigenvalue weighted by Gasteiger charge is 2.19. The van der Waals surface area contributed by atoms with Crippen LogP contribution in [-0.2, 0) is 10.0 Å². The Morgan fingerprint density at radius 1 is 1.32 bits per heavy atom. The first-order chi connectivity index (χ1) is 8.99. The molecule has 0 saturated heterocycles. The first kappa shape index (κ1) is 14.8. The maximum absolute atomic E-state index is 12.2. The number of benzene rings is 1. The van der Waals surface area contributed by atoms with E-state index in [4.69, 9.17) is 5.73 Å². The molecule has 0 amide bonds. The van der Waals surface area contributed by atoms with Crippen LogP contribution in [0.5, 0.6) is 0 Å². The minimum Gasteiger partial charge on any atom is -0.398 e. The van der Waals surface area contributed by atoms with Gasteiger partial charge in [0.25, 0.3) is 0 Å². The topological polar surface area (TPSA) is 72.2 Å². The van der Waals surface area contributed by atoms with E-state index < -0.39 is 10.0 Å². The van der Waals surface area contributed by atoms with Gasteiger partial charge in [-0.25, -0.2) is 13.1 Å². The Hall–Kier alpha value is -0.590. The normalized spacial score (nSPS) is 16.9. The summed E-state index contributed by atoms with van der Waals surface area (Å²) in [5.41, 5.74) is 6.00. The van der Waals surface area contributed by atoms with Crippen LogP contribution < -0.4 is 10.5 Å². The number of nitrogens with one attached hydrogen (secondary N) is 1. The third kappa shape index (κ3) is 3.94. The molecule has 0 heterocycles. The van der Waals surface area contributed by atoms with Gasteiger partial charge in [-0.05, 0) is 30.5 Å². The van der Waals surface area contributed by atoms with E-state index in [0.29, 0.717) is 16.9 Å². The van der Waals surface area contributed by atoms with Gasteiger partial charge in [0.2, 0.25) is 10.0 Å². The number of rotatable bonds is 5. The molecule has 0 atom stereocenters. The van der Waals surface area contributed by atoms with Gasteiger partial charge in [0.15, 0.2) is 0 Å². The zero-order chi connectivity index (χ0) is 13.9. The minimum absolute atomic E-state index is 0.147. The average Bonchev–Trinajstić information content (AvgIpc) is 2.85. The molecule has 1 aliphatic carbocycles. The minimum atomic E-state index is -3.51. The molecule has 0 spiro atoms. The zero-order valence-electron chi connectivity index (χ0n) is 10.7. The third-order valence-corrected chi connectivity index (χ3v) is 5.59. The van der Waals surface area contributed by atoms with Crippen LogP contribution in [0.15, 0.2) is 27.6 Å². The van der Waals surface area contributed by atoms with Crippen LogP contribution in [0, 0.1) is 5.92 Å². The first-order valence-corrected chi connectivity index (χ1v) is 8.81. The molecule has 1 saturated carbocycles. The van der Waals surface area contributed by atoms with Gasteiger partial charge in [0.05, 0.1) is 5.69 Å². The Kier molecular flexibility index (Phi) is 4.86. The number of hydrogen-bond acceptors (Lipinski definition) is 3. The number of sulfonamides is 1. The molecule has 106 valence electrons. The number of nitrogens with two attached hydrogens (primary N) is 1. The molecule has 2 rings (SSSR count). The van der Waals surface area contributed by atoms with E-state index >= 15 is 0 Å². The van der Waals surface area contributed by atoms with E-state index in [0.717, 1.165) is 6.42 Å². The predicted molar refractivity (Wildman–Crippen MR) is 80.3 cm³/mol. The highest BCUT2D eigenvalue weighted by molar-refractivity contribution is 9.10. The summed E-state index contributed by atoms with van der Waals surface area (Å²) < 4.78 is 27.7. The summed E-state index contributed by atoms with van der Waals surface area (Å²) in [6.45, 7) is 0.485. The standard InChI is InChI=1S/C13H19BrN2O2S/c14-11-5-6-12(15)13(9-11)19(17,18)16-8-7-10-3-1-2-4-10/h5-6,9-10,16H,1-4,7-8,15H2. The smallest absolute Gasteiger partial charge is 0.242 e. The van der Waals surface area contributed by atoms with Gasteiger partial charge in [-0.1, -0.05) is 41.6 Å². The maximum Gasteiger partial charge on any atom is 0.242 e. The molecule has 1 aromatic rings. The number of hydrogen-bond donors (Lipinski definition) is 2. The van der Waals surface area contributed by atoms with Gasteiger partial charge >= 0.3 is 0 Å². The largest absolute Gasteiger partial charge is 0.398 e. The van der Waals surface area contributed by atoms with Crippen molar-refractivity contribution in [1.82, 2.24) is 4.72 Å². The molecule has 1 fully saturated rings. The van der Waals surface area contributed by atoms with Gasteiger partial charge in [-0.3, -0.25) is 0 Å². The summed E-state index contributed by atoms with van der Waals surface area (Å²) >= 11 is 3.26. The SMILES string of the molecule is Nc1ccc(Br)cc1S(=O)(=O)NCCC1CCCC1. The Bertz CT molecular complexity index is 540. The highest BCUT2D eigenvalue weighted by atomic mass is 79.9. The second kappa shape index (κ2) is 6.24. The summed E-state index contributed by atoms with van der Waals surface area (Å²) in [6.07, 6.45) is 5.90. The van der Waals surface area contributed by atoms with E-state index in [9.17, 15) is 8.42 Å². The molecule has 0 radical (unpaired) electrons. The van der Waals surface area contributed by atoms with Crippen molar-refractivity contribution < 1.29 is 8.42 Å².